The van der Waals surface area contributed by atoms with Gasteiger partial charge in [-0.2, -0.15) is 0 Å². The van der Waals surface area contributed by atoms with Crippen molar-refractivity contribution in [2.75, 3.05) is 26.2 Å². The number of ether oxygens (including phenoxy) is 1. The van der Waals surface area contributed by atoms with Gasteiger partial charge in [0.1, 0.15) is 6.61 Å². The lowest BCUT2D eigenvalue weighted by molar-refractivity contribution is 0.0880. The van der Waals surface area contributed by atoms with Gasteiger partial charge in [0.25, 0.3) is 0 Å². The number of rotatable bonds is 3. The predicted molar refractivity (Wildman–Crippen MR) is 131 cm³/mol. The van der Waals surface area contributed by atoms with Gasteiger partial charge >= 0.3 is 6.09 Å². The number of hydrogen-bond donors (Lipinski definition) is 1. The van der Waals surface area contributed by atoms with Gasteiger partial charge in [-0.1, -0.05) is 54.6 Å². The molecule has 5 rings (SSSR count). The number of hydrogen-bond acceptors (Lipinski definition) is 4. The molecule has 3 aromatic rings. The first-order valence-electron chi connectivity index (χ1n) is 10.5. The van der Waals surface area contributed by atoms with Gasteiger partial charge in [-0.25, -0.2) is 4.79 Å². The summed E-state index contributed by atoms with van der Waals surface area (Å²) in [6.45, 7) is 4.26. The minimum absolute atomic E-state index is 0. The normalized spacial score (nSPS) is 16.9. The van der Waals surface area contributed by atoms with Crippen LogP contribution in [-0.4, -0.2) is 42.2 Å². The topological polar surface area (TPSA) is 54.5 Å². The molecule has 32 heavy (non-hydrogen) atoms. The molecule has 2 heterocycles. The van der Waals surface area contributed by atoms with Gasteiger partial charge in [0.05, 0.1) is 11.7 Å². The highest BCUT2D eigenvalue weighted by molar-refractivity contribution is 5.85. The van der Waals surface area contributed by atoms with Crippen LogP contribution >= 0.6 is 24.8 Å². The molecule has 2 aromatic carbocycles. The van der Waals surface area contributed by atoms with Crippen LogP contribution in [0.5, 0.6) is 0 Å². The number of nitrogens with zero attached hydrogens (tertiary/aromatic N) is 2. The quantitative estimate of drug-likeness (QED) is 0.575. The highest BCUT2D eigenvalue weighted by atomic mass is 35.5. The molecule has 0 saturated carbocycles. The molecule has 1 atom stereocenters. The summed E-state index contributed by atoms with van der Waals surface area (Å²) in [5.41, 5.74) is 6.88. The van der Waals surface area contributed by atoms with Crippen LogP contribution in [0.15, 0.2) is 66.7 Å². The molecule has 0 spiro atoms. The van der Waals surface area contributed by atoms with E-state index >= 15 is 0 Å². The SMILES string of the molecule is Cc1cccc(C2CN(C(=O)OCC3c4ccccc4-c4ccccc43)CCN2)n1.Cl.Cl. The Labute approximate surface area is 201 Å². The second kappa shape index (κ2) is 10.3. The molecule has 7 heteroatoms. The van der Waals surface area contributed by atoms with E-state index in [1.54, 1.807) is 4.90 Å². The number of pyridine rings is 1. The van der Waals surface area contributed by atoms with Crippen molar-refractivity contribution in [3.8, 4) is 11.1 Å². The lowest BCUT2D eigenvalue weighted by Gasteiger charge is -2.33. The third-order valence-corrected chi connectivity index (χ3v) is 6.04. The fourth-order valence-electron chi connectivity index (χ4n) is 4.56. The van der Waals surface area contributed by atoms with Crippen molar-refractivity contribution in [3.63, 3.8) is 0 Å². The number of nitrogens with one attached hydrogen (secondary N) is 1. The Kier molecular flexibility index (Phi) is 7.77. The number of aromatic nitrogens is 1. The third kappa shape index (κ3) is 4.60. The number of fused-ring (bicyclic) bond motifs is 3. The van der Waals surface area contributed by atoms with Crippen LogP contribution in [0, 0.1) is 6.92 Å². The Bertz CT molecular complexity index is 1050. The molecule has 1 aromatic heterocycles. The summed E-state index contributed by atoms with van der Waals surface area (Å²) in [7, 11) is 0. The summed E-state index contributed by atoms with van der Waals surface area (Å²) >= 11 is 0. The van der Waals surface area contributed by atoms with Crippen LogP contribution in [0.25, 0.3) is 11.1 Å². The average Bonchev–Trinajstić information content (AvgIpc) is 3.11. The van der Waals surface area contributed by atoms with Crippen LogP contribution in [0.2, 0.25) is 0 Å². The first-order chi connectivity index (χ1) is 14.7. The minimum Gasteiger partial charge on any atom is -0.448 e. The van der Waals surface area contributed by atoms with Crippen molar-refractivity contribution in [2.45, 2.75) is 18.9 Å². The summed E-state index contributed by atoms with van der Waals surface area (Å²) in [5, 5.41) is 3.46. The first kappa shape index (κ1) is 24.1. The first-order valence-corrected chi connectivity index (χ1v) is 10.5. The number of aryl methyl sites for hydroxylation is 1. The molecule has 0 radical (unpaired) electrons. The van der Waals surface area contributed by atoms with Crippen LogP contribution in [0.4, 0.5) is 4.79 Å². The van der Waals surface area contributed by atoms with E-state index in [0.29, 0.717) is 19.7 Å². The highest BCUT2D eigenvalue weighted by Crippen LogP contribution is 2.44. The van der Waals surface area contributed by atoms with E-state index in [-0.39, 0.29) is 42.9 Å². The predicted octanol–water partition coefficient (Wildman–Crippen LogP) is 5.13. The van der Waals surface area contributed by atoms with Crippen molar-refractivity contribution in [1.29, 1.82) is 0 Å². The van der Waals surface area contributed by atoms with Crippen LogP contribution in [-0.2, 0) is 4.74 Å². The van der Waals surface area contributed by atoms with E-state index in [9.17, 15) is 4.79 Å². The van der Waals surface area contributed by atoms with Crippen molar-refractivity contribution < 1.29 is 9.53 Å². The average molecular weight is 472 g/mol. The fourth-order valence-corrected chi connectivity index (χ4v) is 4.56. The molecule has 5 nitrogen and oxygen atoms in total. The zero-order valence-electron chi connectivity index (χ0n) is 17.9. The zero-order valence-corrected chi connectivity index (χ0v) is 19.5. The van der Waals surface area contributed by atoms with Gasteiger partial charge < -0.3 is 15.0 Å². The van der Waals surface area contributed by atoms with Gasteiger partial charge in [-0.05, 0) is 41.3 Å². The van der Waals surface area contributed by atoms with Gasteiger partial charge in [0.15, 0.2) is 0 Å². The Morgan fingerprint density at radius 1 is 1.00 bits per heavy atom. The van der Waals surface area contributed by atoms with Gasteiger partial charge in [-0.15, -0.1) is 24.8 Å². The van der Waals surface area contributed by atoms with Gasteiger partial charge in [0.2, 0.25) is 0 Å². The summed E-state index contributed by atoms with van der Waals surface area (Å²) in [5.74, 6) is 0.0819. The fraction of sp³-hybridized carbons (Fsp3) is 0.280. The van der Waals surface area contributed by atoms with Crippen molar-refractivity contribution in [3.05, 3.63) is 89.2 Å². The summed E-state index contributed by atoms with van der Waals surface area (Å²) in [6, 6.07) is 22.8. The standard InChI is InChI=1S/C25H25N3O2.2ClH/c1-17-7-6-12-23(27-17)24-15-28(14-13-26-24)25(29)30-16-22-20-10-4-2-8-18(20)19-9-3-5-11-21(19)22;;/h2-12,22,24,26H,13-16H2,1H3;2*1H. The second-order valence-electron chi connectivity index (χ2n) is 7.96. The smallest absolute Gasteiger partial charge is 0.409 e. The minimum atomic E-state index is -0.254. The Hall–Kier alpha value is -2.60. The summed E-state index contributed by atoms with van der Waals surface area (Å²) in [6.07, 6.45) is -0.254. The molecule has 1 saturated heterocycles. The number of carbonyl (C=O) groups is 1. The van der Waals surface area contributed by atoms with Crippen molar-refractivity contribution in [2.24, 2.45) is 0 Å². The molecule has 1 unspecified atom stereocenters. The van der Waals surface area contributed by atoms with E-state index in [1.165, 1.54) is 22.3 Å². The number of halogens is 2. The molecular formula is C25H27Cl2N3O2. The van der Waals surface area contributed by atoms with Crippen LogP contribution < -0.4 is 5.32 Å². The maximum absolute atomic E-state index is 12.9. The van der Waals surface area contributed by atoms with Crippen LogP contribution in [0.1, 0.15) is 34.5 Å². The molecule has 1 aliphatic carbocycles. The third-order valence-electron chi connectivity index (χ3n) is 6.04. The zero-order chi connectivity index (χ0) is 20.5. The summed E-state index contributed by atoms with van der Waals surface area (Å²) in [4.78, 5) is 19.3. The maximum Gasteiger partial charge on any atom is 0.409 e. The van der Waals surface area contributed by atoms with E-state index in [4.69, 9.17) is 4.74 Å². The highest BCUT2D eigenvalue weighted by Gasteiger charge is 2.31. The van der Waals surface area contributed by atoms with E-state index in [2.05, 4.69) is 58.8 Å². The van der Waals surface area contributed by atoms with E-state index in [0.717, 1.165) is 17.9 Å². The molecule has 1 N–H and O–H groups in total. The van der Waals surface area contributed by atoms with Crippen LogP contribution in [0.3, 0.4) is 0 Å². The molecule has 1 amide bonds. The Balaban J connectivity index is 0.00000144. The van der Waals surface area contributed by atoms with Gasteiger partial charge in [-0.3, -0.25) is 4.98 Å². The molecule has 0 bridgehead atoms. The maximum atomic E-state index is 12.9. The van der Waals surface area contributed by atoms with Crippen molar-refractivity contribution >= 4 is 30.9 Å². The van der Waals surface area contributed by atoms with Gasteiger partial charge in [0, 0.05) is 31.2 Å². The largest absolute Gasteiger partial charge is 0.448 e. The number of carbonyl (C=O) groups excluding carboxylic acids is 1. The second-order valence-corrected chi connectivity index (χ2v) is 7.96. The van der Waals surface area contributed by atoms with Crippen molar-refractivity contribution in [1.82, 2.24) is 15.2 Å². The molecule has 168 valence electrons. The number of benzene rings is 2. The number of amides is 1. The molecule has 2 aliphatic rings. The Morgan fingerprint density at radius 2 is 1.66 bits per heavy atom. The summed E-state index contributed by atoms with van der Waals surface area (Å²) < 4.78 is 5.83. The molecule has 1 fully saturated rings. The Morgan fingerprint density at radius 3 is 2.31 bits per heavy atom. The van der Waals surface area contributed by atoms with E-state index in [1.807, 2.05) is 25.1 Å². The van der Waals surface area contributed by atoms with E-state index < -0.39 is 0 Å². The molecule has 1 aliphatic heterocycles. The number of piperazine rings is 1. The monoisotopic (exact) mass is 471 g/mol. The lowest BCUT2D eigenvalue weighted by atomic mass is 9.98. The molecular weight excluding hydrogens is 445 g/mol. The lowest BCUT2D eigenvalue weighted by Crippen LogP contribution is -2.48.